The molecule has 0 fully saturated rings. The van der Waals surface area contributed by atoms with Gasteiger partial charge in [-0.3, -0.25) is 0 Å². The van der Waals surface area contributed by atoms with E-state index in [1.54, 1.807) is 0 Å². The third-order valence-corrected chi connectivity index (χ3v) is 0. The first-order chi connectivity index (χ1) is 0. The van der Waals surface area contributed by atoms with Crippen LogP contribution in [-0.2, 0) is 570 Å². The quantitative estimate of drug-likeness (QED) is 0.319. The van der Waals surface area contributed by atoms with E-state index < -0.39 is 0 Å². The average molecular weight is 2000 g/mol. The summed E-state index contributed by atoms with van der Waals surface area (Å²) in [5.41, 5.74) is 0. The molecule has 34 radical (unpaired) electrons. The van der Waals surface area contributed by atoms with Crippen LogP contribution in [0.4, 0.5) is 0 Å². The first-order valence-electron chi connectivity index (χ1n) is 0. The third-order valence-electron chi connectivity index (χ3n) is 0. The van der Waals surface area contributed by atoms with Crippen molar-refractivity contribution >= 4 is 0 Å². The van der Waals surface area contributed by atoms with Crippen molar-refractivity contribution in [2.75, 3.05) is 0 Å². The van der Waals surface area contributed by atoms with E-state index >= 15 is 0 Å². The molecule has 0 heterocycles. The maximum atomic E-state index is 0. The van der Waals surface area contributed by atoms with Gasteiger partial charge in [-0.05, 0) is 0 Å². The molecule has 0 aliphatic carbocycles. The van der Waals surface area contributed by atoms with E-state index in [-0.39, 0.29) is 570 Å². The van der Waals surface area contributed by atoms with Crippen LogP contribution in [0.3, 0.4) is 0 Å². The van der Waals surface area contributed by atoms with Gasteiger partial charge in [-0.25, -0.2) is 0 Å². The van der Waals surface area contributed by atoms with Crippen molar-refractivity contribution in [2.24, 2.45) is 0 Å². The minimum absolute atomic E-state index is 0. The molecule has 0 aromatic carbocycles. The van der Waals surface area contributed by atoms with Gasteiger partial charge in [-0.15, -0.1) is 0 Å². The second-order valence-corrected chi connectivity index (χ2v) is 0. The van der Waals surface area contributed by atoms with Crippen LogP contribution in [0.25, 0.3) is 0 Å². The molecule has 306 valence electrons. The molecule has 0 aromatic heterocycles. The van der Waals surface area contributed by atoms with E-state index in [4.69, 9.17) is 0 Å². The van der Waals surface area contributed by atoms with Gasteiger partial charge in [0.25, 0.3) is 0 Å². The van der Waals surface area contributed by atoms with Gasteiger partial charge in [0, 0.05) is 570 Å². The molecular weight excluding hydrogens is 2000 g/mol. The van der Waals surface area contributed by atoms with Crippen molar-refractivity contribution in [1.29, 1.82) is 0 Å². The standard InChI is InChI=1S/34Co. The molecular formula is Co34. The predicted molar refractivity (Wildman–Crippen MR) is 0 cm³/mol. The van der Waals surface area contributed by atoms with Crippen LogP contribution in [0.15, 0.2) is 0 Å². The summed E-state index contributed by atoms with van der Waals surface area (Å²) in [5, 5.41) is 0. The van der Waals surface area contributed by atoms with Gasteiger partial charge in [0.15, 0.2) is 0 Å². The zero-order valence-electron chi connectivity index (χ0n) is 11.3. The molecule has 0 aromatic rings. The Morgan fingerprint density at radius 2 is 0.0294 bits per heavy atom. The number of hydrogen-bond acceptors (Lipinski definition) is 0. The Kier molecular flexibility index (Phi) is 5260. The van der Waals surface area contributed by atoms with E-state index in [2.05, 4.69) is 0 Å². The molecule has 0 unspecified atom stereocenters. The summed E-state index contributed by atoms with van der Waals surface area (Å²) < 4.78 is 0. The van der Waals surface area contributed by atoms with Crippen LogP contribution in [0.5, 0.6) is 0 Å². The van der Waals surface area contributed by atoms with Crippen molar-refractivity contribution < 1.29 is 570 Å². The summed E-state index contributed by atoms with van der Waals surface area (Å²) in [4.78, 5) is 0. The normalized spacial score (nSPS) is 0. The molecule has 34 heteroatoms. The van der Waals surface area contributed by atoms with Crippen LogP contribution in [0, 0.1) is 0 Å². The summed E-state index contributed by atoms with van der Waals surface area (Å²) >= 11 is 0. The molecule has 0 amide bonds. The maximum absolute atomic E-state index is 0. The van der Waals surface area contributed by atoms with E-state index in [9.17, 15) is 0 Å². The van der Waals surface area contributed by atoms with Gasteiger partial charge in [0.1, 0.15) is 0 Å². The van der Waals surface area contributed by atoms with Crippen LogP contribution in [0.1, 0.15) is 0 Å². The molecule has 0 spiro atoms. The van der Waals surface area contributed by atoms with Crippen LogP contribution >= 0.6 is 0 Å². The second kappa shape index (κ2) is 410. The van der Waals surface area contributed by atoms with Gasteiger partial charge in [-0.1, -0.05) is 0 Å². The number of rotatable bonds is 0. The summed E-state index contributed by atoms with van der Waals surface area (Å²) in [6, 6.07) is 0. The minimum atomic E-state index is 0. The topological polar surface area (TPSA) is 0 Å². The molecule has 0 nitrogen and oxygen atoms in total. The summed E-state index contributed by atoms with van der Waals surface area (Å²) in [6.45, 7) is 0. The Bertz CT molecular complexity index is 0. The summed E-state index contributed by atoms with van der Waals surface area (Å²) in [6.07, 6.45) is 0. The van der Waals surface area contributed by atoms with E-state index in [1.165, 1.54) is 0 Å². The Labute approximate surface area is 556 Å². The zero-order chi connectivity index (χ0) is 0. The largest absolute Gasteiger partial charge is 0 e. The van der Waals surface area contributed by atoms with Gasteiger partial charge < -0.3 is 0 Å². The molecule has 0 bridgehead atoms. The Balaban J connectivity index is 0. The van der Waals surface area contributed by atoms with Crippen molar-refractivity contribution in [3.63, 3.8) is 0 Å². The van der Waals surface area contributed by atoms with Crippen molar-refractivity contribution in [3.05, 3.63) is 0 Å². The average Bonchev–Trinajstić information content (AvgIpc) is 0. The van der Waals surface area contributed by atoms with E-state index in [1.807, 2.05) is 0 Å². The number of hydrogen-bond donors (Lipinski definition) is 0. The molecule has 0 N–H and O–H groups in total. The molecule has 0 atom stereocenters. The van der Waals surface area contributed by atoms with Crippen molar-refractivity contribution in [2.45, 2.75) is 0 Å². The second-order valence-electron chi connectivity index (χ2n) is 0. The predicted octanol–water partition coefficient (Wildman–Crippen LogP) is -0.0850. The van der Waals surface area contributed by atoms with Crippen molar-refractivity contribution in [1.82, 2.24) is 0 Å². The smallest absolute Gasteiger partial charge is 0 e. The summed E-state index contributed by atoms with van der Waals surface area (Å²) in [7, 11) is 0. The molecule has 0 aliphatic rings. The molecule has 0 saturated heterocycles. The van der Waals surface area contributed by atoms with Crippen LogP contribution < -0.4 is 0 Å². The summed E-state index contributed by atoms with van der Waals surface area (Å²) in [5.74, 6) is 0. The Morgan fingerprint density at radius 3 is 0.0294 bits per heavy atom. The fraction of sp³-hybridized carbons (Fsp3) is 0. The third kappa shape index (κ3) is 386. The molecule has 34 heavy (non-hydrogen) atoms. The van der Waals surface area contributed by atoms with Gasteiger partial charge >= 0.3 is 0 Å². The van der Waals surface area contributed by atoms with E-state index in [0.717, 1.165) is 0 Å². The maximum Gasteiger partial charge on any atom is 0 e. The van der Waals surface area contributed by atoms with Crippen molar-refractivity contribution in [3.8, 4) is 0 Å². The Hall–Kier alpha value is 17.2. The first-order valence-corrected chi connectivity index (χ1v) is 0. The Morgan fingerprint density at radius 1 is 0.0294 bits per heavy atom. The monoisotopic (exact) mass is 2000 g/mol. The van der Waals surface area contributed by atoms with Crippen LogP contribution in [-0.4, -0.2) is 0 Å². The first kappa shape index (κ1) is 436. The fourth-order valence-corrected chi connectivity index (χ4v) is 0. The zero-order valence-corrected chi connectivity index (χ0v) is 46.7. The van der Waals surface area contributed by atoms with Gasteiger partial charge in [0.2, 0.25) is 0 Å². The van der Waals surface area contributed by atoms with Gasteiger partial charge in [-0.2, -0.15) is 0 Å². The van der Waals surface area contributed by atoms with E-state index in [0.29, 0.717) is 0 Å². The molecule has 0 saturated carbocycles. The minimum Gasteiger partial charge on any atom is 0 e. The fourth-order valence-electron chi connectivity index (χ4n) is 0. The van der Waals surface area contributed by atoms with Gasteiger partial charge in [0.05, 0.1) is 0 Å². The SMILES string of the molecule is [Co].[Co].[Co].[Co].[Co].[Co].[Co].[Co].[Co].[Co].[Co].[Co].[Co].[Co].[Co].[Co].[Co].[Co].[Co].[Co].[Co].[Co].[Co].[Co].[Co].[Co].[Co].[Co].[Co].[Co].[Co].[Co].[Co].[Co]. The molecule has 0 rings (SSSR count). The van der Waals surface area contributed by atoms with Crippen LogP contribution in [0.2, 0.25) is 0 Å². The molecule has 0 aliphatic heterocycles.